The Hall–Kier alpha value is -3.41. The van der Waals surface area contributed by atoms with Crippen LogP contribution in [0.5, 0.6) is 0 Å². The molecule has 1 N–H and O–H groups in total. The van der Waals surface area contributed by atoms with E-state index >= 15 is 0 Å². The van der Waals surface area contributed by atoms with Gasteiger partial charge in [0, 0.05) is 29.1 Å². The summed E-state index contributed by atoms with van der Waals surface area (Å²) < 4.78 is 4.44. The minimum absolute atomic E-state index is 0.270. The van der Waals surface area contributed by atoms with Crippen LogP contribution in [0.4, 0.5) is 5.69 Å². The van der Waals surface area contributed by atoms with Crippen LogP contribution in [0.2, 0.25) is 15.1 Å². The van der Waals surface area contributed by atoms with E-state index in [1.807, 2.05) is 37.3 Å². The van der Waals surface area contributed by atoms with E-state index < -0.39 is 5.92 Å². The number of aryl methyl sites for hydroxylation is 1. The average Bonchev–Trinajstić information content (AvgIpc) is 2.86. The Bertz CT molecular complexity index is 1270. The normalized spacial score (nSPS) is 11.2. The van der Waals surface area contributed by atoms with Gasteiger partial charge in [0.1, 0.15) is 6.73 Å². The highest BCUT2D eigenvalue weighted by atomic mass is 35.5. The maximum absolute atomic E-state index is 12.2. The van der Waals surface area contributed by atoms with Gasteiger partial charge >= 0.3 is 0 Å². The van der Waals surface area contributed by atoms with Crippen molar-refractivity contribution in [3.63, 3.8) is 0 Å². The van der Waals surface area contributed by atoms with E-state index in [1.165, 1.54) is 19.0 Å². The number of carbonyl (C=O) groups excluding carboxylic acids is 2. The SMILES string of the molecule is CC(=O)N(/N=C/c1ccccc1)c1cc(C)c(C(C#N)c2ccc(Cl)cc2Cl)c(Cl)c1.COCNC=O. The molecule has 3 aromatic carbocycles. The van der Waals surface area contributed by atoms with Gasteiger partial charge in [0.2, 0.25) is 12.3 Å². The number of amides is 2. The molecule has 0 saturated carbocycles. The van der Waals surface area contributed by atoms with E-state index in [4.69, 9.17) is 34.8 Å². The molecule has 0 aromatic heterocycles. The van der Waals surface area contributed by atoms with E-state index in [-0.39, 0.29) is 5.91 Å². The molecule has 0 radical (unpaired) electrons. The summed E-state index contributed by atoms with van der Waals surface area (Å²) in [5.41, 5.74) is 3.32. The van der Waals surface area contributed by atoms with Crippen molar-refractivity contribution in [3.05, 3.63) is 98.0 Å². The van der Waals surface area contributed by atoms with E-state index in [9.17, 15) is 14.9 Å². The fraction of sp³-hybridized carbons (Fsp3) is 0.185. The zero-order valence-corrected chi connectivity index (χ0v) is 22.7. The van der Waals surface area contributed by atoms with Gasteiger partial charge in [-0.1, -0.05) is 71.2 Å². The highest BCUT2D eigenvalue weighted by molar-refractivity contribution is 6.35. The highest BCUT2D eigenvalue weighted by Crippen LogP contribution is 2.38. The third kappa shape index (κ3) is 8.59. The topological polar surface area (TPSA) is 94.8 Å². The Morgan fingerprint density at radius 2 is 1.84 bits per heavy atom. The van der Waals surface area contributed by atoms with Crippen molar-refractivity contribution in [2.75, 3.05) is 18.8 Å². The molecule has 2 amide bonds. The molecule has 0 aliphatic heterocycles. The van der Waals surface area contributed by atoms with E-state index in [2.05, 4.69) is 21.2 Å². The molecule has 37 heavy (non-hydrogen) atoms. The molecule has 0 heterocycles. The lowest BCUT2D eigenvalue weighted by Gasteiger charge is -2.21. The van der Waals surface area contributed by atoms with Crippen molar-refractivity contribution in [1.29, 1.82) is 5.26 Å². The van der Waals surface area contributed by atoms with Gasteiger partial charge in [0.15, 0.2) is 0 Å². The fourth-order valence-electron chi connectivity index (χ4n) is 3.36. The molecule has 0 saturated heterocycles. The molecule has 3 aromatic rings. The van der Waals surface area contributed by atoms with Crippen LogP contribution in [-0.4, -0.2) is 32.4 Å². The van der Waals surface area contributed by atoms with Crippen LogP contribution in [0.25, 0.3) is 0 Å². The highest BCUT2D eigenvalue weighted by Gasteiger charge is 2.23. The smallest absolute Gasteiger partial charge is 0.244 e. The molecule has 192 valence electrons. The summed E-state index contributed by atoms with van der Waals surface area (Å²) in [6, 6.07) is 20.1. The zero-order valence-electron chi connectivity index (χ0n) is 20.4. The zero-order chi connectivity index (χ0) is 27.4. The third-order valence-corrected chi connectivity index (χ3v) is 5.86. The minimum Gasteiger partial charge on any atom is -0.365 e. The number of nitrogens with zero attached hydrogens (tertiary/aromatic N) is 3. The number of methoxy groups -OCH3 is 1. The number of ether oxygens (including phenoxy) is 1. The van der Waals surface area contributed by atoms with Crippen LogP contribution in [0.1, 0.15) is 35.1 Å². The summed E-state index contributed by atoms with van der Waals surface area (Å²) in [7, 11) is 1.51. The Morgan fingerprint density at radius 3 is 2.35 bits per heavy atom. The molecule has 0 fully saturated rings. The standard InChI is InChI=1S/C24H18Cl3N3O.C3H7NO2/c1-15-10-19(30(16(2)31)29-14-17-6-4-3-5-7-17)12-23(27)24(15)21(13-28)20-9-8-18(25)11-22(20)26;1-6-3-4-2-5/h3-12,14,21H,1-2H3;2H,3H2,1H3,(H,4,5)/b29-14+;. The third-order valence-electron chi connectivity index (χ3n) is 4.99. The van der Waals surface area contributed by atoms with Gasteiger partial charge in [0.05, 0.1) is 23.9 Å². The second-order valence-corrected chi connectivity index (χ2v) is 8.88. The molecule has 3 rings (SSSR count). The van der Waals surface area contributed by atoms with Crippen LogP contribution < -0.4 is 10.3 Å². The molecule has 10 heteroatoms. The van der Waals surface area contributed by atoms with Crippen molar-refractivity contribution >= 4 is 59.0 Å². The minimum atomic E-state index is -0.690. The molecular weight excluding hydrogens is 535 g/mol. The van der Waals surface area contributed by atoms with Gasteiger partial charge in [-0.25, -0.2) is 5.01 Å². The summed E-state index contributed by atoms with van der Waals surface area (Å²) in [6.45, 7) is 3.55. The van der Waals surface area contributed by atoms with E-state index in [1.54, 1.807) is 36.5 Å². The molecule has 1 atom stereocenters. The first-order valence-electron chi connectivity index (χ1n) is 10.9. The van der Waals surface area contributed by atoms with Crippen LogP contribution >= 0.6 is 34.8 Å². The monoisotopic (exact) mass is 558 g/mol. The van der Waals surface area contributed by atoms with Gasteiger partial charge in [-0.2, -0.15) is 10.4 Å². The molecule has 0 spiro atoms. The summed E-state index contributed by atoms with van der Waals surface area (Å²) >= 11 is 18.9. The second kappa shape index (κ2) is 15.0. The van der Waals surface area contributed by atoms with Crippen LogP contribution in [-0.2, 0) is 14.3 Å². The van der Waals surface area contributed by atoms with Crippen molar-refractivity contribution in [2.45, 2.75) is 19.8 Å². The van der Waals surface area contributed by atoms with Crippen molar-refractivity contribution in [1.82, 2.24) is 5.32 Å². The first kappa shape index (κ1) is 29.8. The molecular formula is C27H25Cl3N4O3. The van der Waals surface area contributed by atoms with Crippen LogP contribution in [0, 0.1) is 18.3 Å². The Morgan fingerprint density at radius 1 is 1.14 bits per heavy atom. The van der Waals surface area contributed by atoms with Crippen molar-refractivity contribution in [3.8, 4) is 6.07 Å². The van der Waals surface area contributed by atoms with Crippen molar-refractivity contribution < 1.29 is 14.3 Å². The Kier molecular flexibility index (Phi) is 12.1. The molecule has 0 bridgehead atoms. The number of halogens is 3. The number of hydrogen-bond donors (Lipinski definition) is 1. The lowest BCUT2D eigenvalue weighted by atomic mass is 9.89. The van der Waals surface area contributed by atoms with Gasteiger partial charge in [0.25, 0.3) is 0 Å². The number of hydrogen-bond acceptors (Lipinski definition) is 5. The number of rotatable bonds is 8. The largest absolute Gasteiger partial charge is 0.365 e. The number of nitriles is 1. The number of anilines is 1. The Balaban J connectivity index is 0.000000717. The molecule has 0 aliphatic carbocycles. The number of nitrogens with one attached hydrogen (secondary N) is 1. The van der Waals surface area contributed by atoms with Gasteiger partial charge < -0.3 is 10.1 Å². The maximum atomic E-state index is 12.2. The second-order valence-electron chi connectivity index (χ2n) is 7.63. The van der Waals surface area contributed by atoms with E-state index in [0.29, 0.717) is 45.0 Å². The number of carbonyl (C=O) groups is 2. The summed E-state index contributed by atoms with van der Waals surface area (Å²) in [4.78, 5) is 21.6. The van der Waals surface area contributed by atoms with Crippen LogP contribution in [0.15, 0.2) is 65.8 Å². The predicted octanol–water partition coefficient (Wildman–Crippen LogP) is 6.33. The summed E-state index contributed by atoms with van der Waals surface area (Å²) in [5.74, 6) is -0.960. The first-order chi connectivity index (χ1) is 17.7. The quantitative estimate of drug-likeness (QED) is 0.115. The Labute approximate surface area is 231 Å². The van der Waals surface area contributed by atoms with Gasteiger partial charge in [-0.05, 0) is 53.4 Å². The lowest BCUT2D eigenvalue weighted by Crippen LogP contribution is -2.22. The molecule has 7 nitrogen and oxygen atoms in total. The van der Waals surface area contributed by atoms with Gasteiger partial charge in [-0.3, -0.25) is 9.59 Å². The van der Waals surface area contributed by atoms with Gasteiger partial charge in [-0.15, -0.1) is 0 Å². The van der Waals surface area contributed by atoms with Crippen molar-refractivity contribution in [2.24, 2.45) is 5.10 Å². The fourth-order valence-corrected chi connectivity index (χ4v) is 4.25. The maximum Gasteiger partial charge on any atom is 0.244 e. The predicted molar refractivity (Wildman–Crippen MR) is 148 cm³/mol. The van der Waals surface area contributed by atoms with Crippen LogP contribution in [0.3, 0.4) is 0 Å². The number of benzene rings is 3. The first-order valence-corrected chi connectivity index (χ1v) is 12.1. The number of hydrazone groups is 1. The average molecular weight is 560 g/mol. The molecule has 1 unspecified atom stereocenters. The van der Waals surface area contributed by atoms with E-state index in [0.717, 1.165) is 11.1 Å². The summed E-state index contributed by atoms with van der Waals surface area (Å²) in [5, 5.41) is 19.0. The summed E-state index contributed by atoms with van der Waals surface area (Å²) in [6.07, 6.45) is 2.19. The molecule has 0 aliphatic rings. The lowest BCUT2D eigenvalue weighted by molar-refractivity contribution is -0.116.